The molecule has 262 valence electrons. The average Bonchev–Trinajstić information content (AvgIpc) is 3.54. The maximum Gasteiger partial charge on any atom is 0.276 e. The third-order valence-corrected chi connectivity index (χ3v) is 9.57. The number of anilines is 2. The van der Waals surface area contributed by atoms with Crippen molar-refractivity contribution in [3.8, 4) is 5.75 Å². The molecule has 0 spiro atoms. The highest BCUT2D eigenvalue weighted by Crippen LogP contribution is 2.39. The van der Waals surface area contributed by atoms with Gasteiger partial charge in [0.15, 0.2) is 22.6 Å². The molecular weight excluding hydrogens is 659 g/mol. The summed E-state index contributed by atoms with van der Waals surface area (Å²) in [6, 6.07) is 2.27. The number of pyridine rings is 1. The lowest BCUT2D eigenvalue weighted by Gasteiger charge is -2.54. The van der Waals surface area contributed by atoms with E-state index < -0.39 is 29.6 Å². The van der Waals surface area contributed by atoms with Gasteiger partial charge in [-0.05, 0) is 44.4 Å². The Kier molecular flexibility index (Phi) is 8.75. The number of piperazine rings is 1. The third-order valence-electron chi connectivity index (χ3n) is 9.57. The molecule has 4 aromatic rings. The second-order valence-electron chi connectivity index (χ2n) is 12.4. The number of carbonyl (C=O) groups excluding carboxylic acids is 2. The Bertz CT molecular complexity index is 2100. The molecule has 1 saturated carbocycles. The highest BCUT2D eigenvalue weighted by molar-refractivity contribution is 5.96. The summed E-state index contributed by atoms with van der Waals surface area (Å²) in [6.07, 6.45) is 2.31. The van der Waals surface area contributed by atoms with Crippen LogP contribution in [0.15, 0.2) is 35.4 Å². The van der Waals surface area contributed by atoms with Gasteiger partial charge in [0.2, 0.25) is 11.3 Å². The Morgan fingerprint density at radius 3 is 2.62 bits per heavy atom. The van der Waals surface area contributed by atoms with Crippen molar-refractivity contribution in [2.45, 2.75) is 64.6 Å². The van der Waals surface area contributed by atoms with E-state index in [2.05, 4.69) is 25.5 Å². The Hall–Kier alpha value is -5.32. The molecule has 5 heterocycles. The molecule has 2 aliphatic heterocycles. The van der Waals surface area contributed by atoms with Crippen molar-refractivity contribution < 1.29 is 32.6 Å². The van der Waals surface area contributed by atoms with Gasteiger partial charge < -0.3 is 29.5 Å². The highest BCUT2D eigenvalue weighted by Gasteiger charge is 2.47. The van der Waals surface area contributed by atoms with Gasteiger partial charge in [-0.15, -0.1) is 10.2 Å². The van der Waals surface area contributed by atoms with E-state index in [1.807, 2.05) is 17.9 Å². The topological polar surface area (TPSA) is 161 Å². The fraction of sp³-hybridized carbons (Fsp3) is 0.424. The van der Waals surface area contributed by atoms with E-state index in [0.717, 1.165) is 17.8 Å². The van der Waals surface area contributed by atoms with Gasteiger partial charge in [0, 0.05) is 36.8 Å². The van der Waals surface area contributed by atoms with Gasteiger partial charge in [-0.3, -0.25) is 14.4 Å². The Labute approximate surface area is 283 Å². The normalized spacial score (nSPS) is 19.0. The number of aryl methyl sites for hydroxylation is 1. The van der Waals surface area contributed by atoms with Crippen LogP contribution in [0, 0.1) is 12.7 Å². The van der Waals surface area contributed by atoms with Crippen LogP contribution in [0.25, 0.3) is 16.9 Å². The van der Waals surface area contributed by atoms with Crippen LogP contribution in [-0.2, 0) is 22.5 Å². The van der Waals surface area contributed by atoms with Gasteiger partial charge in [0.25, 0.3) is 12.3 Å². The molecule has 7 rings (SSSR count). The summed E-state index contributed by atoms with van der Waals surface area (Å²) < 4.78 is 47.9. The first-order valence-corrected chi connectivity index (χ1v) is 16.3. The highest BCUT2D eigenvalue weighted by atomic mass is 19.3. The fourth-order valence-electron chi connectivity index (χ4n) is 6.91. The number of benzene rings is 1. The second kappa shape index (κ2) is 13.2. The molecule has 2 atom stereocenters. The molecule has 50 heavy (non-hydrogen) atoms. The van der Waals surface area contributed by atoms with Gasteiger partial charge in [0.1, 0.15) is 24.4 Å². The van der Waals surface area contributed by atoms with E-state index in [0.29, 0.717) is 56.3 Å². The summed E-state index contributed by atoms with van der Waals surface area (Å²) in [5.41, 5.74) is 0.766. The second-order valence-corrected chi connectivity index (χ2v) is 12.4. The van der Waals surface area contributed by atoms with E-state index in [1.54, 1.807) is 16.4 Å². The Morgan fingerprint density at radius 1 is 1.14 bits per heavy atom. The van der Waals surface area contributed by atoms with Crippen molar-refractivity contribution in [2.24, 2.45) is 0 Å². The number of rotatable bonds is 8. The number of amides is 2. The van der Waals surface area contributed by atoms with Gasteiger partial charge in [-0.1, -0.05) is 13.0 Å². The standard InChI is InChI=1S/C33H34F3N9O5/c1-3-22-28(42-10-11-43(24-7-6-23(24)42)33(49)27-29(47)17(2)37-16-38-27)30(48)26-32(41-45(40-26)19-8-12-50-13-9-19)44(22)15-25(46)39-21-5-4-18(31(35)36)14-20(21)34/h4-5,8,14,16,23-24,31,47H,3,6-7,9-13,15H2,1-2H3,(H,39,46)/t23-,24-/m0/s1. The third kappa shape index (κ3) is 5.74. The predicted molar refractivity (Wildman–Crippen MR) is 174 cm³/mol. The largest absolute Gasteiger partial charge is 0.504 e. The average molecular weight is 694 g/mol. The van der Waals surface area contributed by atoms with Gasteiger partial charge >= 0.3 is 0 Å². The molecule has 3 aliphatic rings. The molecular formula is C33H34F3N9O5. The number of fused-ring (bicyclic) bond motifs is 2. The van der Waals surface area contributed by atoms with Crippen LogP contribution in [0.4, 0.5) is 24.5 Å². The van der Waals surface area contributed by atoms with E-state index in [9.17, 15) is 32.7 Å². The van der Waals surface area contributed by atoms with Crippen molar-refractivity contribution in [1.82, 2.24) is 34.4 Å². The molecule has 1 aromatic carbocycles. The number of hydrogen-bond donors (Lipinski definition) is 2. The first-order valence-electron chi connectivity index (χ1n) is 16.3. The number of nitrogens with zero attached hydrogens (tertiary/aromatic N) is 8. The zero-order valence-electron chi connectivity index (χ0n) is 27.3. The molecule has 1 saturated heterocycles. The maximum absolute atomic E-state index is 14.7. The van der Waals surface area contributed by atoms with Gasteiger partial charge in [-0.25, -0.2) is 23.1 Å². The Balaban J connectivity index is 1.27. The lowest BCUT2D eigenvalue weighted by molar-refractivity contribution is -0.116. The zero-order chi connectivity index (χ0) is 35.3. The monoisotopic (exact) mass is 693 g/mol. The molecule has 3 aromatic heterocycles. The number of aromatic nitrogens is 6. The van der Waals surface area contributed by atoms with Crippen LogP contribution in [-0.4, -0.2) is 89.7 Å². The summed E-state index contributed by atoms with van der Waals surface area (Å²) in [5.74, 6) is -2.38. The van der Waals surface area contributed by atoms with Crippen molar-refractivity contribution in [1.29, 1.82) is 0 Å². The van der Waals surface area contributed by atoms with Crippen LogP contribution < -0.4 is 15.6 Å². The molecule has 0 unspecified atom stereocenters. The van der Waals surface area contributed by atoms with Crippen molar-refractivity contribution in [2.75, 3.05) is 36.5 Å². The molecule has 2 N–H and O–H groups in total. The van der Waals surface area contributed by atoms with E-state index in [1.165, 1.54) is 11.1 Å². The number of ether oxygens (including phenoxy) is 1. The summed E-state index contributed by atoms with van der Waals surface area (Å²) in [5, 5.41) is 22.2. The number of nitrogens with one attached hydrogen (secondary N) is 1. The minimum atomic E-state index is -2.87. The van der Waals surface area contributed by atoms with Crippen LogP contribution in [0.1, 0.15) is 60.1 Å². The molecule has 2 amide bonds. The smallest absolute Gasteiger partial charge is 0.276 e. The van der Waals surface area contributed by atoms with Crippen LogP contribution in [0.5, 0.6) is 5.75 Å². The number of aromatic hydroxyl groups is 1. The quantitative estimate of drug-likeness (QED) is 0.280. The summed E-state index contributed by atoms with van der Waals surface area (Å²) >= 11 is 0. The fourth-order valence-corrected chi connectivity index (χ4v) is 6.91. The van der Waals surface area contributed by atoms with Crippen molar-refractivity contribution in [3.63, 3.8) is 0 Å². The summed E-state index contributed by atoms with van der Waals surface area (Å²) in [6.45, 7) is 4.33. The van der Waals surface area contributed by atoms with Crippen LogP contribution in [0.3, 0.4) is 0 Å². The van der Waals surface area contributed by atoms with Gasteiger partial charge in [0.05, 0.1) is 36.3 Å². The Morgan fingerprint density at radius 2 is 1.94 bits per heavy atom. The maximum atomic E-state index is 14.7. The molecule has 14 nitrogen and oxygen atoms in total. The summed E-state index contributed by atoms with van der Waals surface area (Å²) in [7, 11) is 0. The molecule has 2 fully saturated rings. The van der Waals surface area contributed by atoms with Gasteiger partial charge in [-0.2, -0.15) is 4.80 Å². The van der Waals surface area contributed by atoms with Crippen molar-refractivity contribution >= 4 is 40.1 Å². The first kappa shape index (κ1) is 33.2. The van der Waals surface area contributed by atoms with E-state index >= 15 is 0 Å². The molecule has 0 radical (unpaired) electrons. The summed E-state index contributed by atoms with van der Waals surface area (Å²) in [4.78, 5) is 54.4. The number of alkyl halides is 2. The molecule has 17 heteroatoms. The van der Waals surface area contributed by atoms with E-state index in [-0.39, 0.29) is 71.1 Å². The van der Waals surface area contributed by atoms with Crippen LogP contribution >= 0.6 is 0 Å². The number of halogens is 3. The molecule has 0 bridgehead atoms. The minimum absolute atomic E-state index is 0.0284. The molecule has 1 aliphatic carbocycles. The lowest BCUT2D eigenvalue weighted by Crippen LogP contribution is -2.67. The van der Waals surface area contributed by atoms with E-state index in [4.69, 9.17) is 4.74 Å². The minimum Gasteiger partial charge on any atom is -0.504 e. The SMILES string of the molecule is CCc1c(N2CCN(C(=O)c3ncnc(C)c3O)[C@H]3CC[C@@H]32)c(=O)c2nn(C3=CCOCC3)nc2n1CC(=O)Nc1ccc(C(F)F)cc1F. The van der Waals surface area contributed by atoms with Crippen molar-refractivity contribution in [3.05, 3.63) is 69.3 Å². The predicted octanol–water partition coefficient (Wildman–Crippen LogP) is 3.43. The zero-order valence-corrected chi connectivity index (χ0v) is 27.3. The number of carbonyl (C=O) groups is 2. The van der Waals surface area contributed by atoms with Crippen LogP contribution in [0.2, 0.25) is 0 Å². The number of hydrogen-bond acceptors (Lipinski definition) is 10. The first-order chi connectivity index (χ1) is 24.1. The lowest BCUT2D eigenvalue weighted by atomic mass is 9.81.